The number of H-pyrrole nitrogens is 1. The maximum Gasteiger partial charge on any atom is 0.276 e. The number of nitrogens with one attached hydrogen (secondary N) is 2. The SMILES string of the molecule is Cc1ccc(C(=O)N2CCC(c3ccc(C#N)cc3)CC2)cc1NC(=O)c1ccc(=O)[nH]n1. The Bertz CT molecular complexity index is 1260. The van der Waals surface area contributed by atoms with Crippen molar-refractivity contribution < 1.29 is 9.59 Å². The number of aromatic amines is 1. The zero-order valence-electron chi connectivity index (χ0n) is 18.2. The molecule has 0 atom stereocenters. The van der Waals surface area contributed by atoms with E-state index in [9.17, 15) is 14.4 Å². The monoisotopic (exact) mass is 441 g/mol. The second kappa shape index (κ2) is 9.49. The lowest BCUT2D eigenvalue weighted by Gasteiger charge is -2.32. The number of anilines is 1. The van der Waals surface area contributed by atoms with Gasteiger partial charge in [0.1, 0.15) is 5.69 Å². The van der Waals surface area contributed by atoms with E-state index < -0.39 is 11.5 Å². The molecule has 1 fully saturated rings. The van der Waals surface area contributed by atoms with Gasteiger partial charge in [-0.1, -0.05) is 18.2 Å². The van der Waals surface area contributed by atoms with Gasteiger partial charge in [0.05, 0.1) is 11.6 Å². The summed E-state index contributed by atoms with van der Waals surface area (Å²) in [4.78, 5) is 38.6. The van der Waals surface area contributed by atoms with Gasteiger partial charge < -0.3 is 10.2 Å². The molecule has 2 heterocycles. The zero-order chi connectivity index (χ0) is 23.4. The standard InChI is InChI=1S/C25H23N5O3/c1-16-2-5-20(14-22(16)27-24(32)21-8-9-23(31)29-28-21)25(33)30-12-10-19(11-13-30)18-6-3-17(15-26)4-7-18/h2-9,14,19H,10-13H2,1H3,(H,27,32)(H,29,31). The minimum absolute atomic E-state index is 0.0778. The van der Waals surface area contributed by atoms with Gasteiger partial charge in [0.2, 0.25) is 0 Å². The normalized spacial score (nSPS) is 13.9. The van der Waals surface area contributed by atoms with E-state index in [0.717, 1.165) is 18.4 Å². The van der Waals surface area contributed by atoms with Crippen molar-refractivity contribution >= 4 is 17.5 Å². The molecule has 0 radical (unpaired) electrons. The van der Waals surface area contributed by atoms with Crippen molar-refractivity contribution in [3.05, 3.63) is 92.9 Å². The molecule has 1 aromatic heterocycles. The van der Waals surface area contributed by atoms with Crippen molar-refractivity contribution in [1.29, 1.82) is 5.26 Å². The Kier molecular flexibility index (Phi) is 6.31. The number of carbonyl (C=O) groups is 2. The zero-order valence-corrected chi connectivity index (χ0v) is 18.2. The van der Waals surface area contributed by atoms with Gasteiger partial charge >= 0.3 is 0 Å². The van der Waals surface area contributed by atoms with Crippen LogP contribution in [0.4, 0.5) is 5.69 Å². The maximum atomic E-state index is 13.1. The summed E-state index contributed by atoms with van der Waals surface area (Å²) in [6, 6.07) is 17.6. The highest BCUT2D eigenvalue weighted by molar-refractivity contribution is 6.04. The summed E-state index contributed by atoms with van der Waals surface area (Å²) >= 11 is 0. The number of amides is 2. The molecule has 33 heavy (non-hydrogen) atoms. The fourth-order valence-electron chi connectivity index (χ4n) is 3.98. The summed E-state index contributed by atoms with van der Waals surface area (Å²) in [6.45, 7) is 3.12. The van der Waals surface area contributed by atoms with Crippen LogP contribution in [-0.2, 0) is 0 Å². The van der Waals surface area contributed by atoms with Gasteiger partial charge in [0.25, 0.3) is 17.4 Å². The number of likely N-dealkylation sites (tertiary alicyclic amines) is 1. The second-order valence-corrected chi connectivity index (χ2v) is 8.09. The summed E-state index contributed by atoms with van der Waals surface area (Å²) in [7, 11) is 0. The van der Waals surface area contributed by atoms with Gasteiger partial charge in [-0.15, -0.1) is 0 Å². The smallest absolute Gasteiger partial charge is 0.276 e. The van der Waals surface area contributed by atoms with Crippen LogP contribution in [-0.4, -0.2) is 40.0 Å². The van der Waals surface area contributed by atoms with Crippen LogP contribution >= 0.6 is 0 Å². The Hall–Kier alpha value is -4.25. The lowest BCUT2D eigenvalue weighted by Crippen LogP contribution is -2.38. The molecular weight excluding hydrogens is 418 g/mol. The van der Waals surface area contributed by atoms with Gasteiger partial charge in [-0.25, -0.2) is 5.10 Å². The van der Waals surface area contributed by atoms with Crippen LogP contribution in [0, 0.1) is 18.3 Å². The molecule has 2 aromatic carbocycles. The van der Waals surface area contributed by atoms with Gasteiger partial charge in [-0.2, -0.15) is 10.4 Å². The molecule has 0 spiro atoms. The maximum absolute atomic E-state index is 13.1. The van der Waals surface area contributed by atoms with Crippen LogP contribution in [0.3, 0.4) is 0 Å². The average molecular weight is 441 g/mol. The van der Waals surface area contributed by atoms with Crippen LogP contribution < -0.4 is 10.9 Å². The van der Waals surface area contributed by atoms with Crippen LogP contribution in [0.1, 0.15) is 56.3 Å². The molecule has 166 valence electrons. The predicted molar refractivity (Wildman–Crippen MR) is 123 cm³/mol. The first-order valence-electron chi connectivity index (χ1n) is 10.7. The van der Waals surface area contributed by atoms with E-state index in [4.69, 9.17) is 5.26 Å². The third-order valence-corrected chi connectivity index (χ3v) is 5.94. The van der Waals surface area contributed by atoms with E-state index >= 15 is 0 Å². The Balaban J connectivity index is 1.42. The quantitative estimate of drug-likeness (QED) is 0.644. The van der Waals surface area contributed by atoms with Crippen LogP contribution in [0.2, 0.25) is 0 Å². The number of nitriles is 1. The second-order valence-electron chi connectivity index (χ2n) is 8.09. The first-order valence-corrected chi connectivity index (χ1v) is 10.7. The number of carbonyl (C=O) groups excluding carboxylic acids is 2. The van der Waals surface area contributed by atoms with Crippen molar-refractivity contribution in [2.45, 2.75) is 25.7 Å². The first kappa shape index (κ1) is 22.0. The Morgan fingerprint density at radius 1 is 1.09 bits per heavy atom. The molecule has 0 bridgehead atoms. The highest BCUT2D eigenvalue weighted by Crippen LogP contribution is 2.29. The molecule has 4 rings (SSSR count). The van der Waals surface area contributed by atoms with E-state index in [-0.39, 0.29) is 11.6 Å². The van der Waals surface area contributed by atoms with Gasteiger partial charge in [0.15, 0.2) is 0 Å². The van der Waals surface area contributed by atoms with Crippen molar-refractivity contribution in [2.24, 2.45) is 0 Å². The highest BCUT2D eigenvalue weighted by atomic mass is 16.2. The van der Waals surface area contributed by atoms with Gasteiger partial charge in [-0.3, -0.25) is 14.4 Å². The Morgan fingerprint density at radius 3 is 2.45 bits per heavy atom. The number of aromatic nitrogens is 2. The minimum Gasteiger partial charge on any atom is -0.339 e. The van der Waals surface area contributed by atoms with Crippen molar-refractivity contribution in [3.63, 3.8) is 0 Å². The number of hydrogen-bond donors (Lipinski definition) is 2. The fraction of sp³-hybridized carbons (Fsp3) is 0.240. The Labute approximate surface area is 190 Å². The largest absolute Gasteiger partial charge is 0.339 e. The summed E-state index contributed by atoms with van der Waals surface area (Å²) in [5, 5.41) is 17.7. The van der Waals surface area contributed by atoms with Crippen molar-refractivity contribution in [1.82, 2.24) is 15.1 Å². The molecule has 2 N–H and O–H groups in total. The van der Waals surface area contributed by atoms with E-state index in [0.29, 0.717) is 35.8 Å². The first-order chi connectivity index (χ1) is 15.9. The van der Waals surface area contributed by atoms with Crippen molar-refractivity contribution in [3.8, 4) is 6.07 Å². The van der Waals surface area contributed by atoms with Crippen LogP contribution in [0.25, 0.3) is 0 Å². The topological polar surface area (TPSA) is 119 Å². The lowest BCUT2D eigenvalue weighted by atomic mass is 9.89. The molecular formula is C25H23N5O3. The highest BCUT2D eigenvalue weighted by Gasteiger charge is 2.25. The lowest BCUT2D eigenvalue weighted by molar-refractivity contribution is 0.0712. The minimum atomic E-state index is -0.470. The summed E-state index contributed by atoms with van der Waals surface area (Å²) in [6.07, 6.45) is 1.70. The van der Waals surface area contributed by atoms with E-state index in [1.807, 2.05) is 36.1 Å². The molecule has 0 unspecified atom stereocenters. The van der Waals surface area contributed by atoms with Crippen molar-refractivity contribution in [2.75, 3.05) is 18.4 Å². The predicted octanol–water partition coefficient (Wildman–Crippen LogP) is 3.22. The Morgan fingerprint density at radius 2 is 1.82 bits per heavy atom. The number of aryl methyl sites for hydroxylation is 1. The number of nitrogens with zero attached hydrogens (tertiary/aromatic N) is 3. The van der Waals surface area contributed by atoms with E-state index in [1.165, 1.54) is 17.7 Å². The number of benzene rings is 2. The van der Waals surface area contributed by atoms with Gasteiger partial charge in [-0.05, 0) is 67.1 Å². The summed E-state index contributed by atoms with van der Waals surface area (Å²) in [5.74, 6) is -0.187. The molecule has 1 saturated heterocycles. The molecule has 0 aliphatic carbocycles. The molecule has 2 amide bonds. The molecule has 1 aliphatic heterocycles. The third kappa shape index (κ3) is 4.99. The molecule has 1 aliphatic rings. The average Bonchev–Trinajstić information content (AvgIpc) is 2.85. The number of piperidine rings is 1. The third-order valence-electron chi connectivity index (χ3n) is 5.94. The van der Waals surface area contributed by atoms with Crippen LogP contribution in [0.5, 0.6) is 0 Å². The van der Waals surface area contributed by atoms with Gasteiger partial charge in [0, 0.05) is 30.4 Å². The summed E-state index contributed by atoms with van der Waals surface area (Å²) in [5.41, 5.74) is 3.36. The molecule has 8 nitrogen and oxygen atoms in total. The fourth-order valence-corrected chi connectivity index (χ4v) is 3.98. The number of rotatable bonds is 4. The summed E-state index contributed by atoms with van der Waals surface area (Å²) < 4.78 is 0. The molecule has 0 saturated carbocycles. The number of hydrogen-bond acceptors (Lipinski definition) is 5. The van der Waals surface area contributed by atoms with Crippen LogP contribution in [0.15, 0.2) is 59.4 Å². The van der Waals surface area contributed by atoms with E-state index in [2.05, 4.69) is 21.6 Å². The van der Waals surface area contributed by atoms with E-state index in [1.54, 1.807) is 18.2 Å². The molecule has 3 aromatic rings. The molecule has 8 heteroatoms.